The zero-order valence-corrected chi connectivity index (χ0v) is 25.5. The number of hydrogen-bond acceptors (Lipinski definition) is 7. The fourth-order valence-electron chi connectivity index (χ4n) is 4.99. The van der Waals surface area contributed by atoms with E-state index in [1.165, 1.54) is 13.8 Å². The van der Waals surface area contributed by atoms with Gasteiger partial charge >= 0.3 is 0 Å². The Morgan fingerprint density at radius 2 is 1.42 bits per heavy atom. The van der Waals surface area contributed by atoms with Crippen LogP contribution in [-0.2, 0) is 36.8 Å². The van der Waals surface area contributed by atoms with Gasteiger partial charge in [-0.1, -0.05) is 48.5 Å². The van der Waals surface area contributed by atoms with E-state index in [1.54, 1.807) is 6.20 Å². The number of rotatable bonds is 17. The van der Waals surface area contributed by atoms with Crippen LogP contribution in [0.3, 0.4) is 0 Å². The molecule has 0 saturated carbocycles. The van der Waals surface area contributed by atoms with Crippen molar-refractivity contribution in [3.8, 4) is 0 Å². The summed E-state index contributed by atoms with van der Waals surface area (Å²) in [4.78, 5) is 67.7. The molecule has 10 N–H and O–H groups in total. The number of amides is 5. The molecule has 0 unspecified atom stereocenters. The molecule has 13 nitrogen and oxygen atoms in total. The molecule has 3 aromatic rings. The molecular formula is C32H43N7O6. The summed E-state index contributed by atoms with van der Waals surface area (Å²) < 4.78 is 0. The quantitative estimate of drug-likeness (QED) is 0.0956. The number of hydrogen-bond donors (Lipinski definition) is 8. The number of aliphatic hydroxyl groups excluding tert-OH is 1. The minimum atomic E-state index is -1.30. The van der Waals surface area contributed by atoms with Gasteiger partial charge in [-0.15, -0.1) is 0 Å². The van der Waals surface area contributed by atoms with Gasteiger partial charge in [0.25, 0.3) is 0 Å². The molecule has 45 heavy (non-hydrogen) atoms. The van der Waals surface area contributed by atoms with Gasteiger partial charge in [0.05, 0.1) is 6.10 Å². The van der Waals surface area contributed by atoms with Crippen LogP contribution >= 0.6 is 0 Å². The maximum Gasteiger partial charge on any atom is 0.245 e. The van der Waals surface area contributed by atoms with Crippen molar-refractivity contribution in [2.45, 2.75) is 76.2 Å². The third-order valence-electron chi connectivity index (χ3n) is 7.38. The van der Waals surface area contributed by atoms with E-state index in [-0.39, 0.29) is 19.3 Å². The molecule has 0 aliphatic rings. The number of aliphatic hydroxyl groups is 1. The average Bonchev–Trinajstić information content (AvgIpc) is 3.41. The second kappa shape index (κ2) is 16.9. The van der Waals surface area contributed by atoms with Gasteiger partial charge in [-0.2, -0.15) is 0 Å². The normalized spacial score (nSPS) is 14.4. The fourth-order valence-corrected chi connectivity index (χ4v) is 4.99. The highest BCUT2D eigenvalue weighted by Crippen LogP contribution is 2.19. The van der Waals surface area contributed by atoms with Gasteiger partial charge in [0.15, 0.2) is 0 Å². The molecule has 1 aromatic heterocycles. The van der Waals surface area contributed by atoms with Gasteiger partial charge in [-0.3, -0.25) is 24.0 Å². The van der Waals surface area contributed by atoms with E-state index in [2.05, 4.69) is 26.3 Å². The van der Waals surface area contributed by atoms with Crippen molar-refractivity contribution < 1.29 is 29.1 Å². The highest BCUT2D eigenvalue weighted by molar-refractivity contribution is 5.96. The molecule has 0 aliphatic heterocycles. The van der Waals surface area contributed by atoms with Crippen LogP contribution < -0.4 is 32.7 Å². The number of primary amides is 1. The standard InChI is InChI=1S/C32H43N7O6/c1-19(40)28(36-20(2)41)32(45)37-25(14-8-9-15-33)30(43)39-27(17-22-18-35-24-13-7-6-12-23(22)24)31(44)38-26(29(34)42)16-21-10-4-3-5-11-21/h3-7,10-13,18-19,25-28,35,40H,8-9,14-17,33H2,1-2H3,(H2,34,42)(H,36,41)(H,37,45)(H,38,44)(H,39,43)/t19-,25+,26+,27+,28+/m1/s1. The molecule has 0 spiro atoms. The summed E-state index contributed by atoms with van der Waals surface area (Å²) in [6.07, 6.45) is 1.95. The van der Waals surface area contributed by atoms with E-state index >= 15 is 0 Å². The van der Waals surface area contributed by atoms with Crippen LogP contribution in [0, 0.1) is 0 Å². The minimum Gasteiger partial charge on any atom is -0.391 e. The second-order valence-corrected chi connectivity index (χ2v) is 11.0. The highest BCUT2D eigenvalue weighted by atomic mass is 16.3. The zero-order valence-electron chi connectivity index (χ0n) is 25.5. The van der Waals surface area contributed by atoms with Crippen LogP contribution in [0.15, 0.2) is 60.8 Å². The molecule has 3 rings (SSSR count). The summed E-state index contributed by atoms with van der Waals surface area (Å²) in [7, 11) is 0. The number of para-hydroxylation sites is 1. The Labute approximate surface area is 261 Å². The molecule has 0 saturated heterocycles. The number of aromatic nitrogens is 1. The first-order valence-electron chi connectivity index (χ1n) is 14.9. The molecule has 0 aliphatic carbocycles. The SMILES string of the molecule is CC(=O)N[C@H](C(=O)N[C@@H](CCCCN)C(=O)N[C@@H](Cc1c[nH]c2ccccc12)C(=O)N[C@@H](Cc1ccccc1)C(N)=O)[C@@H](C)O. The Balaban J connectivity index is 1.88. The lowest BCUT2D eigenvalue weighted by molar-refractivity contribution is -0.135. The summed E-state index contributed by atoms with van der Waals surface area (Å²) in [6.45, 7) is 2.92. The van der Waals surface area contributed by atoms with Crippen LogP contribution in [0.4, 0.5) is 0 Å². The van der Waals surface area contributed by atoms with Crippen LogP contribution in [0.5, 0.6) is 0 Å². The van der Waals surface area contributed by atoms with E-state index in [4.69, 9.17) is 11.5 Å². The molecule has 0 fully saturated rings. The first kappa shape index (κ1) is 34.7. The van der Waals surface area contributed by atoms with Crippen molar-refractivity contribution in [1.29, 1.82) is 0 Å². The van der Waals surface area contributed by atoms with Crippen molar-refractivity contribution in [1.82, 2.24) is 26.3 Å². The molecule has 242 valence electrons. The second-order valence-electron chi connectivity index (χ2n) is 11.0. The van der Waals surface area contributed by atoms with Crippen molar-refractivity contribution in [2.75, 3.05) is 6.54 Å². The van der Waals surface area contributed by atoms with Crippen LogP contribution in [0.25, 0.3) is 10.9 Å². The summed E-state index contributed by atoms with van der Waals surface area (Å²) in [5.74, 6) is -3.33. The van der Waals surface area contributed by atoms with Gasteiger partial charge in [0.1, 0.15) is 24.2 Å². The maximum atomic E-state index is 13.7. The van der Waals surface area contributed by atoms with E-state index in [0.717, 1.165) is 22.0 Å². The molecule has 5 atom stereocenters. The Morgan fingerprint density at radius 3 is 2.07 bits per heavy atom. The topological polar surface area (TPSA) is 222 Å². The van der Waals surface area contributed by atoms with Gasteiger partial charge < -0.3 is 42.8 Å². The van der Waals surface area contributed by atoms with Gasteiger partial charge in [-0.05, 0) is 49.9 Å². The number of benzene rings is 2. The Hall–Kier alpha value is -4.75. The maximum absolute atomic E-state index is 13.7. The van der Waals surface area contributed by atoms with Crippen molar-refractivity contribution in [3.05, 3.63) is 71.9 Å². The number of nitrogens with two attached hydrogens (primary N) is 2. The number of unbranched alkanes of at least 4 members (excludes halogenated alkanes) is 1. The fraction of sp³-hybridized carbons (Fsp3) is 0.406. The van der Waals surface area contributed by atoms with Crippen molar-refractivity contribution in [2.24, 2.45) is 11.5 Å². The number of H-pyrrole nitrogens is 1. The smallest absolute Gasteiger partial charge is 0.245 e. The number of carbonyl (C=O) groups excluding carboxylic acids is 5. The monoisotopic (exact) mass is 621 g/mol. The lowest BCUT2D eigenvalue weighted by Gasteiger charge is -2.27. The summed E-state index contributed by atoms with van der Waals surface area (Å²) >= 11 is 0. The molecule has 1 heterocycles. The van der Waals surface area contributed by atoms with Gasteiger partial charge in [-0.25, -0.2) is 0 Å². The lowest BCUT2D eigenvalue weighted by Crippen LogP contribution is -2.59. The molecular weight excluding hydrogens is 578 g/mol. The van der Waals surface area contributed by atoms with Crippen molar-refractivity contribution in [3.63, 3.8) is 0 Å². The largest absolute Gasteiger partial charge is 0.391 e. The van der Waals surface area contributed by atoms with Crippen LogP contribution in [0.1, 0.15) is 44.2 Å². The minimum absolute atomic E-state index is 0.0596. The number of nitrogens with one attached hydrogen (secondary N) is 5. The third-order valence-corrected chi connectivity index (χ3v) is 7.38. The summed E-state index contributed by atoms with van der Waals surface area (Å²) in [5.41, 5.74) is 13.7. The average molecular weight is 622 g/mol. The number of carbonyl (C=O) groups is 5. The van der Waals surface area contributed by atoms with Gasteiger partial charge in [0.2, 0.25) is 29.5 Å². The van der Waals surface area contributed by atoms with Crippen molar-refractivity contribution >= 4 is 40.4 Å². The number of aromatic amines is 1. The zero-order chi connectivity index (χ0) is 32.9. The molecule has 2 aromatic carbocycles. The lowest BCUT2D eigenvalue weighted by atomic mass is 10.0. The van der Waals surface area contributed by atoms with E-state index in [9.17, 15) is 29.1 Å². The molecule has 0 radical (unpaired) electrons. The highest BCUT2D eigenvalue weighted by Gasteiger charge is 2.32. The predicted molar refractivity (Wildman–Crippen MR) is 169 cm³/mol. The summed E-state index contributed by atoms with van der Waals surface area (Å²) in [6, 6.07) is 11.9. The van der Waals surface area contributed by atoms with Gasteiger partial charge in [0, 0.05) is 36.9 Å². The predicted octanol–water partition coefficient (Wildman–Crippen LogP) is -0.0927. The first-order chi connectivity index (χ1) is 21.5. The van der Waals surface area contributed by atoms with Crippen LogP contribution in [-0.4, -0.2) is 76.4 Å². The Bertz CT molecular complexity index is 1460. The van der Waals surface area contributed by atoms with E-state index in [0.29, 0.717) is 19.4 Å². The molecule has 13 heteroatoms. The first-order valence-corrected chi connectivity index (χ1v) is 14.9. The molecule has 5 amide bonds. The Morgan fingerprint density at radius 1 is 0.800 bits per heavy atom. The van der Waals surface area contributed by atoms with Crippen LogP contribution in [0.2, 0.25) is 0 Å². The number of fused-ring (bicyclic) bond motifs is 1. The molecule has 0 bridgehead atoms. The van der Waals surface area contributed by atoms with E-state index < -0.39 is 59.8 Å². The Kier molecular flexibility index (Phi) is 13.1. The van der Waals surface area contributed by atoms with E-state index in [1.807, 2.05) is 54.6 Å². The third kappa shape index (κ3) is 10.4. The summed E-state index contributed by atoms with van der Waals surface area (Å²) in [5, 5.41) is 21.4.